The first-order valence-electron chi connectivity index (χ1n) is 9.10. The Hall–Kier alpha value is -1.82. The molecule has 0 spiro atoms. The molecule has 2 saturated carbocycles. The zero-order valence-corrected chi connectivity index (χ0v) is 17.1. The lowest BCUT2D eigenvalue weighted by Gasteiger charge is -2.40. The van der Waals surface area contributed by atoms with Crippen LogP contribution in [0.15, 0.2) is 0 Å². The number of hydrogen-bond acceptors (Lipinski definition) is 7. The van der Waals surface area contributed by atoms with Gasteiger partial charge < -0.3 is 14.4 Å². The van der Waals surface area contributed by atoms with E-state index in [-0.39, 0.29) is 11.8 Å². The van der Waals surface area contributed by atoms with Gasteiger partial charge in [0.25, 0.3) is 0 Å². The molecule has 29 heavy (non-hydrogen) atoms. The molecule has 0 aromatic carbocycles. The Balaban J connectivity index is 1.89. The van der Waals surface area contributed by atoms with Gasteiger partial charge in [0.1, 0.15) is 6.10 Å². The minimum atomic E-state index is -5.76. The van der Waals surface area contributed by atoms with Crippen molar-refractivity contribution < 1.29 is 45.6 Å². The predicted molar refractivity (Wildman–Crippen MR) is 92.0 cm³/mol. The van der Waals surface area contributed by atoms with Crippen LogP contribution < -0.4 is 0 Å². The number of esters is 2. The maximum absolute atomic E-state index is 13.4. The average Bonchev–Trinajstić information content (AvgIpc) is 3.12. The fourth-order valence-electron chi connectivity index (χ4n) is 5.08. The van der Waals surface area contributed by atoms with Crippen LogP contribution in [-0.4, -0.2) is 65.3 Å². The van der Waals surface area contributed by atoms with E-state index in [4.69, 9.17) is 9.29 Å². The molecule has 1 N–H and O–H groups in total. The first kappa shape index (κ1) is 21.9. The first-order chi connectivity index (χ1) is 13.1. The Bertz CT molecular complexity index is 852. The predicted octanol–water partition coefficient (Wildman–Crippen LogP) is 0.833. The van der Waals surface area contributed by atoms with Crippen LogP contribution in [0, 0.1) is 23.7 Å². The SMILES string of the molecule is CC(=O)OC1C2CC3C(C(=O)N(C(C)(C)C)C31)C2C(=O)OCC(F)(F)S(=O)(=O)O. The van der Waals surface area contributed by atoms with Crippen molar-refractivity contribution in [3.05, 3.63) is 0 Å². The number of amides is 1. The summed E-state index contributed by atoms with van der Waals surface area (Å²) in [5, 5.41) is -4.67. The van der Waals surface area contributed by atoms with Crippen LogP contribution in [0.4, 0.5) is 8.78 Å². The van der Waals surface area contributed by atoms with Gasteiger partial charge in [0.05, 0.1) is 17.9 Å². The van der Waals surface area contributed by atoms with Crippen LogP contribution in [0.5, 0.6) is 0 Å². The van der Waals surface area contributed by atoms with E-state index >= 15 is 0 Å². The zero-order valence-electron chi connectivity index (χ0n) is 16.3. The van der Waals surface area contributed by atoms with E-state index in [1.807, 2.05) is 0 Å². The van der Waals surface area contributed by atoms with Crippen molar-refractivity contribution in [1.82, 2.24) is 4.90 Å². The van der Waals surface area contributed by atoms with Crippen LogP contribution in [0.2, 0.25) is 0 Å². The Morgan fingerprint density at radius 2 is 1.83 bits per heavy atom. The van der Waals surface area contributed by atoms with Gasteiger partial charge >= 0.3 is 27.3 Å². The summed E-state index contributed by atoms with van der Waals surface area (Å²) < 4.78 is 66.8. The number of likely N-dealkylation sites (tertiary alicyclic amines) is 1. The van der Waals surface area contributed by atoms with Gasteiger partial charge in [-0.25, -0.2) is 0 Å². The molecule has 1 heterocycles. The number of alkyl halides is 2. The molecular weight excluding hydrogens is 416 g/mol. The molecule has 164 valence electrons. The van der Waals surface area contributed by atoms with Gasteiger partial charge in [0.15, 0.2) is 6.61 Å². The molecule has 0 radical (unpaired) electrons. The molecule has 3 rings (SSSR count). The summed E-state index contributed by atoms with van der Waals surface area (Å²) >= 11 is 0. The highest BCUT2D eigenvalue weighted by Gasteiger charge is 2.72. The second-order valence-corrected chi connectivity index (χ2v) is 10.3. The van der Waals surface area contributed by atoms with E-state index in [2.05, 4.69) is 4.74 Å². The summed E-state index contributed by atoms with van der Waals surface area (Å²) in [5.41, 5.74) is -0.626. The number of nitrogens with zero attached hydrogens (tertiary/aromatic N) is 1. The van der Waals surface area contributed by atoms with Gasteiger partial charge in [0, 0.05) is 18.4 Å². The minimum absolute atomic E-state index is 0.310. The van der Waals surface area contributed by atoms with E-state index in [1.165, 1.54) is 6.92 Å². The fourth-order valence-corrected chi connectivity index (χ4v) is 5.29. The van der Waals surface area contributed by atoms with Gasteiger partial charge in [0.2, 0.25) is 5.91 Å². The lowest BCUT2D eigenvalue weighted by Crippen LogP contribution is -2.52. The van der Waals surface area contributed by atoms with Crippen LogP contribution in [0.3, 0.4) is 0 Å². The summed E-state index contributed by atoms with van der Waals surface area (Å²) in [4.78, 5) is 38.8. The number of ether oxygens (including phenoxy) is 2. The van der Waals surface area contributed by atoms with Gasteiger partial charge in [-0.05, 0) is 33.1 Å². The van der Waals surface area contributed by atoms with Crippen molar-refractivity contribution in [3.63, 3.8) is 0 Å². The van der Waals surface area contributed by atoms with Crippen LogP contribution >= 0.6 is 0 Å². The third kappa shape index (κ3) is 3.39. The Labute approximate surface area is 166 Å². The second kappa shape index (κ2) is 6.59. The molecule has 2 bridgehead atoms. The van der Waals surface area contributed by atoms with Crippen molar-refractivity contribution in [1.29, 1.82) is 0 Å². The summed E-state index contributed by atoms with van der Waals surface area (Å²) in [6.45, 7) is 4.72. The molecule has 2 aliphatic carbocycles. The smallest absolute Gasteiger partial charge is 0.402 e. The molecule has 3 aliphatic rings. The summed E-state index contributed by atoms with van der Waals surface area (Å²) in [6, 6.07) is -0.426. The molecule has 6 unspecified atom stereocenters. The normalized spacial score (nSPS) is 33.9. The first-order valence-corrected chi connectivity index (χ1v) is 10.5. The fraction of sp³-hybridized carbons (Fsp3) is 0.824. The minimum Gasteiger partial charge on any atom is -0.460 e. The highest BCUT2D eigenvalue weighted by atomic mass is 32.2. The maximum atomic E-state index is 13.4. The topological polar surface area (TPSA) is 127 Å². The molecule has 6 atom stereocenters. The van der Waals surface area contributed by atoms with Gasteiger partial charge in [-0.1, -0.05) is 0 Å². The third-order valence-corrected chi connectivity index (χ3v) is 6.80. The van der Waals surface area contributed by atoms with E-state index in [1.54, 1.807) is 25.7 Å². The van der Waals surface area contributed by atoms with Gasteiger partial charge in [-0.3, -0.25) is 18.9 Å². The Morgan fingerprint density at radius 3 is 2.31 bits per heavy atom. The van der Waals surface area contributed by atoms with Crippen molar-refractivity contribution in [3.8, 4) is 0 Å². The van der Waals surface area contributed by atoms with E-state index in [0.717, 1.165) is 0 Å². The highest BCUT2D eigenvalue weighted by Crippen LogP contribution is 2.61. The third-order valence-electron chi connectivity index (χ3n) is 5.93. The van der Waals surface area contributed by atoms with Gasteiger partial charge in [-0.2, -0.15) is 17.2 Å². The highest BCUT2D eigenvalue weighted by molar-refractivity contribution is 7.86. The number of halogens is 2. The lowest BCUT2D eigenvalue weighted by molar-refractivity contribution is -0.166. The molecule has 3 fully saturated rings. The number of hydrogen-bond donors (Lipinski definition) is 1. The monoisotopic (exact) mass is 439 g/mol. The lowest BCUT2D eigenvalue weighted by atomic mass is 9.78. The quantitative estimate of drug-likeness (QED) is 0.493. The number of carbonyl (C=O) groups excluding carboxylic acids is 3. The van der Waals surface area contributed by atoms with Crippen molar-refractivity contribution >= 4 is 28.0 Å². The Morgan fingerprint density at radius 1 is 1.24 bits per heavy atom. The molecule has 1 saturated heterocycles. The Kier molecular flexibility index (Phi) is 4.97. The van der Waals surface area contributed by atoms with Crippen LogP contribution in [0.1, 0.15) is 34.1 Å². The van der Waals surface area contributed by atoms with Gasteiger partial charge in [-0.15, -0.1) is 0 Å². The number of rotatable bonds is 5. The zero-order chi connectivity index (χ0) is 22.1. The molecule has 0 aromatic rings. The van der Waals surface area contributed by atoms with E-state index in [0.29, 0.717) is 6.42 Å². The molecule has 1 aliphatic heterocycles. The van der Waals surface area contributed by atoms with Crippen LogP contribution in [0.25, 0.3) is 0 Å². The van der Waals surface area contributed by atoms with E-state index < -0.39 is 69.4 Å². The number of fused-ring (bicyclic) bond motifs is 1. The average molecular weight is 439 g/mol. The van der Waals surface area contributed by atoms with Crippen molar-refractivity contribution in [2.24, 2.45) is 23.7 Å². The van der Waals surface area contributed by atoms with Crippen molar-refractivity contribution in [2.45, 2.75) is 57.1 Å². The molecule has 1 amide bonds. The van der Waals surface area contributed by atoms with E-state index in [9.17, 15) is 31.6 Å². The second-order valence-electron chi connectivity index (χ2n) is 8.78. The summed E-state index contributed by atoms with van der Waals surface area (Å²) in [5.74, 6) is -5.01. The van der Waals surface area contributed by atoms with Crippen LogP contribution in [-0.2, 0) is 34.0 Å². The summed E-state index contributed by atoms with van der Waals surface area (Å²) in [7, 11) is -5.76. The maximum Gasteiger partial charge on any atom is 0.402 e. The summed E-state index contributed by atoms with van der Waals surface area (Å²) in [6.07, 6.45) is -0.417. The molecule has 9 nitrogen and oxygen atoms in total. The van der Waals surface area contributed by atoms with Crippen molar-refractivity contribution in [2.75, 3.05) is 6.61 Å². The largest absolute Gasteiger partial charge is 0.460 e. The standard InChI is InChI=1S/C17H23F2NO8S/c1-7(21)28-13-9-5-8-10(14(22)20(12(8)13)16(2,3)4)11(9)15(23)27-6-17(18,19)29(24,25)26/h8-13H,5-6H2,1-4H3,(H,24,25,26). The molecular formula is C17H23F2NO8S. The molecule has 12 heteroatoms. The molecule has 0 aromatic heterocycles. The number of carbonyl (C=O) groups is 3.